The number of fused-ring (bicyclic) bond motifs is 6. The van der Waals surface area contributed by atoms with Gasteiger partial charge in [0.05, 0.1) is 22.1 Å². The van der Waals surface area contributed by atoms with E-state index < -0.39 is 0 Å². The van der Waals surface area contributed by atoms with Crippen LogP contribution in [0.3, 0.4) is 0 Å². The molecule has 0 spiro atoms. The summed E-state index contributed by atoms with van der Waals surface area (Å²) in [5, 5.41) is 8.26. The standard InChI is InChI=1S/C38H28N2.C26H18BrN.C12H11N.2CH4/c1-2-28-18-20-29(21-19-28)30-22-24-37-35(26-30)36-27-34(23-25-38(36)40(37)33-16-10-5-11-17-33)39(31-12-6-3-7-13-31)32-14-8-4-9-15-32;1-2-18-8-10-19(11-9-18)20-12-14-25-23(16-20)24-17-21(27)13-15-26(24)28(25)22-6-4-3-5-7-22;1-3-7-11(8-4-1)13-12-9-5-2-6-10-12;;/h2-27H,1H2;2-17H,1H2;1-10,13H;2*1H4. The number of anilines is 5. The number of nitrogens with zero attached hydrogens (tertiary/aromatic N) is 3. The molecule has 0 atom stereocenters. The van der Waals surface area contributed by atoms with Gasteiger partial charge in [0.25, 0.3) is 0 Å². The SMILES string of the molecule is C.C.C=Cc1ccc(-c2ccc3c(c2)c2cc(Br)ccc2n3-c2ccccc2)cc1.C=Cc1ccc(-c2ccc3c(c2)c2cc(N(c4ccccc4)c4ccccc4)ccc2n3-c2ccccc2)cc1.c1ccc(Nc2ccccc2)cc1. The van der Waals surface area contributed by atoms with Crippen LogP contribution in [0.5, 0.6) is 0 Å². The average molecular weight is 1140 g/mol. The molecule has 2 aromatic heterocycles. The van der Waals surface area contributed by atoms with Gasteiger partial charge in [-0.05, 0) is 167 Å². The molecule has 5 heteroatoms. The molecule has 2 heterocycles. The first-order valence-electron chi connectivity index (χ1n) is 27.2. The van der Waals surface area contributed by atoms with Crippen molar-refractivity contribution in [3.05, 3.63) is 332 Å². The average Bonchev–Trinajstić information content (AvgIpc) is 3.80. The second kappa shape index (κ2) is 25.9. The predicted octanol–water partition coefficient (Wildman–Crippen LogP) is 23.1. The minimum atomic E-state index is 0. The van der Waals surface area contributed by atoms with Gasteiger partial charge < -0.3 is 19.4 Å². The van der Waals surface area contributed by atoms with E-state index in [0.29, 0.717) is 0 Å². The lowest BCUT2D eigenvalue weighted by molar-refractivity contribution is 1.18. The minimum absolute atomic E-state index is 0. The molecule has 14 rings (SSSR count). The van der Waals surface area contributed by atoms with Gasteiger partial charge in [0.1, 0.15) is 0 Å². The van der Waals surface area contributed by atoms with Gasteiger partial charge in [-0.3, -0.25) is 0 Å². The number of hydrogen-bond acceptors (Lipinski definition) is 2. The predicted molar refractivity (Wildman–Crippen MR) is 365 cm³/mol. The second-order valence-corrected chi connectivity index (χ2v) is 20.6. The van der Waals surface area contributed by atoms with Crippen LogP contribution in [0.4, 0.5) is 28.4 Å². The van der Waals surface area contributed by atoms with E-state index in [4.69, 9.17) is 0 Å². The second-order valence-electron chi connectivity index (χ2n) is 19.7. The monoisotopic (exact) mass is 1140 g/mol. The van der Waals surface area contributed by atoms with Crippen molar-refractivity contribution in [2.45, 2.75) is 14.9 Å². The van der Waals surface area contributed by atoms with Crippen molar-refractivity contribution < 1.29 is 0 Å². The first-order chi connectivity index (χ1) is 40.0. The molecule has 83 heavy (non-hydrogen) atoms. The molecule has 404 valence electrons. The van der Waals surface area contributed by atoms with Crippen LogP contribution in [-0.2, 0) is 0 Å². The zero-order valence-corrected chi connectivity index (χ0v) is 46.2. The van der Waals surface area contributed by atoms with E-state index in [1.807, 2.05) is 72.8 Å². The maximum Gasteiger partial charge on any atom is 0.0542 e. The lowest BCUT2D eigenvalue weighted by atomic mass is 10.0. The smallest absolute Gasteiger partial charge is 0.0542 e. The van der Waals surface area contributed by atoms with Gasteiger partial charge in [0.2, 0.25) is 0 Å². The molecule has 1 N–H and O–H groups in total. The highest BCUT2D eigenvalue weighted by Gasteiger charge is 2.19. The molecule has 0 aliphatic rings. The third-order valence-corrected chi connectivity index (χ3v) is 15.1. The molecule has 0 unspecified atom stereocenters. The Labute approximate surface area is 497 Å². The van der Waals surface area contributed by atoms with Crippen molar-refractivity contribution in [2.75, 3.05) is 10.2 Å². The van der Waals surface area contributed by atoms with Gasteiger partial charge in [0, 0.05) is 65.8 Å². The van der Waals surface area contributed by atoms with Gasteiger partial charge >= 0.3 is 0 Å². The van der Waals surface area contributed by atoms with Crippen molar-refractivity contribution in [2.24, 2.45) is 0 Å². The Kier molecular flexibility index (Phi) is 17.5. The third-order valence-electron chi connectivity index (χ3n) is 14.6. The molecular formula is C78H65BrN4. The Hall–Kier alpha value is -10.2. The number of hydrogen-bond donors (Lipinski definition) is 1. The Bertz CT molecular complexity index is 4350. The van der Waals surface area contributed by atoms with Crippen LogP contribution in [0.25, 0.3) is 89.4 Å². The Balaban J connectivity index is 0.000000155. The van der Waals surface area contributed by atoms with E-state index in [1.165, 1.54) is 71.6 Å². The molecule has 4 nitrogen and oxygen atoms in total. The highest BCUT2D eigenvalue weighted by Crippen LogP contribution is 2.41. The minimum Gasteiger partial charge on any atom is -0.356 e. The Morgan fingerprint density at radius 1 is 0.313 bits per heavy atom. The fourth-order valence-corrected chi connectivity index (χ4v) is 11.0. The first-order valence-corrected chi connectivity index (χ1v) is 27.9. The van der Waals surface area contributed by atoms with Gasteiger partial charge in [-0.2, -0.15) is 0 Å². The molecule has 0 radical (unpaired) electrons. The van der Waals surface area contributed by atoms with Crippen LogP contribution in [0.1, 0.15) is 26.0 Å². The van der Waals surface area contributed by atoms with E-state index in [-0.39, 0.29) is 14.9 Å². The van der Waals surface area contributed by atoms with E-state index in [2.05, 4.69) is 291 Å². The van der Waals surface area contributed by atoms with Crippen molar-refractivity contribution in [3.63, 3.8) is 0 Å². The number of halogens is 1. The molecule has 12 aromatic carbocycles. The van der Waals surface area contributed by atoms with Crippen molar-refractivity contribution in [1.82, 2.24) is 9.13 Å². The Morgan fingerprint density at radius 3 is 1.04 bits per heavy atom. The molecule has 0 aliphatic carbocycles. The van der Waals surface area contributed by atoms with Crippen LogP contribution in [-0.4, -0.2) is 9.13 Å². The quantitative estimate of drug-likeness (QED) is 0.140. The summed E-state index contributed by atoms with van der Waals surface area (Å²) in [6.07, 6.45) is 3.76. The van der Waals surface area contributed by atoms with Crippen LogP contribution in [0, 0.1) is 0 Å². The summed E-state index contributed by atoms with van der Waals surface area (Å²) >= 11 is 3.64. The van der Waals surface area contributed by atoms with Crippen molar-refractivity contribution in [3.8, 4) is 33.6 Å². The normalized spacial score (nSPS) is 10.6. The molecular weight excluding hydrogens is 1070 g/mol. The fourth-order valence-electron chi connectivity index (χ4n) is 10.6. The summed E-state index contributed by atoms with van der Waals surface area (Å²) < 4.78 is 5.80. The summed E-state index contributed by atoms with van der Waals surface area (Å²) in [4.78, 5) is 2.32. The zero-order chi connectivity index (χ0) is 54.9. The van der Waals surface area contributed by atoms with Gasteiger partial charge in [-0.1, -0.05) is 226 Å². The molecule has 0 fully saturated rings. The molecule has 0 saturated heterocycles. The molecule has 0 aliphatic heterocycles. The lowest BCUT2D eigenvalue weighted by Crippen LogP contribution is -2.09. The van der Waals surface area contributed by atoms with Gasteiger partial charge in [-0.15, -0.1) is 0 Å². The largest absolute Gasteiger partial charge is 0.356 e. The van der Waals surface area contributed by atoms with Crippen molar-refractivity contribution in [1.29, 1.82) is 0 Å². The molecule has 0 saturated carbocycles. The summed E-state index contributed by atoms with van der Waals surface area (Å²) in [5.41, 5.74) is 19.8. The zero-order valence-electron chi connectivity index (χ0n) is 44.7. The van der Waals surface area contributed by atoms with Crippen LogP contribution in [0.15, 0.2) is 321 Å². The lowest BCUT2D eigenvalue weighted by Gasteiger charge is -2.25. The highest BCUT2D eigenvalue weighted by molar-refractivity contribution is 9.10. The number of nitrogens with one attached hydrogen (secondary N) is 1. The van der Waals surface area contributed by atoms with Gasteiger partial charge in [0.15, 0.2) is 0 Å². The van der Waals surface area contributed by atoms with Crippen molar-refractivity contribution >= 4 is 100 Å². The van der Waals surface area contributed by atoms with E-state index in [1.54, 1.807) is 0 Å². The molecule has 0 bridgehead atoms. The summed E-state index contributed by atoms with van der Waals surface area (Å²) in [5.74, 6) is 0. The maximum absolute atomic E-state index is 3.90. The highest BCUT2D eigenvalue weighted by atomic mass is 79.9. The fraction of sp³-hybridized carbons (Fsp3) is 0.0256. The number of aromatic nitrogens is 2. The number of benzene rings is 12. The van der Waals surface area contributed by atoms with E-state index >= 15 is 0 Å². The summed E-state index contributed by atoms with van der Waals surface area (Å²) in [6, 6.07) is 107. The molecule has 0 amide bonds. The number of rotatable bonds is 11. The van der Waals surface area contributed by atoms with Gasteiger partial charge in [-0.25, -0.2) is 0 Å². The summed E-state index contributed by atoms with van der Waals surface area (Å²) in [7, 11) is 0. The number of para-hydroxylation sites is 6. The first kappa shape index (κ1) is 56.1. The van der Waals surface area contributed by atoms with Crippen LogP contribution >= 0.6 is 15.9 Å². The van der Waals surface area contributed by atoms with E-state index in [0.717, 1.165) is 49.7 Å². The molecule has 14 aromatic rings. The van der Waals surface area contributed by atoms with Crippen LogP contribution < -0.4 is 10.2 Å². The van der Waals surface area contributed by atoms with E-state index in [9.17, 15) is 0 Å². The van der Waals surface area contributed by atoms with Crippen LogP contribution in [0.2, 0.25) is 0 Å². The summed E-state index contributed by atoms with van der Waals surface area (Å²) in [6.45, 7) is 7.74. The third kappa shape index (κ3) is 12.1. The topological polar surface area (TPSA) is 25.1 Å². The maximum atomic E-state index is 3.90. The Morgan fingerprint density at radius 2 is 0.639 bits per heavy atom.